The van der Waals surface area contributed by atoms with Crippen molar-refractivity contribution in [3.8, 4) is 0 Å². The van der Waals surface area contributed by atoms with E-state index >= 15 is 0 Å². The maximum absolute atomic E-state index is 5.67. The minimum atomic E-state index is 0.181. The molecule has 0 atom stereocenters. The van der Waals surface area contributed by atoms with Crippen LogP contribution in [0.4, 0.5) is 0 Å². The summed E-state index contributed by atoms with van der Waals surface area (Å²) in [6.45, 7) is 2.64. The maximum Gasteiger partial charge on any atom is 0.0661 e. The Morgan fingerprint density at radius 3 is 2.58 bits per heavy atom. The van der Waals surface area contributed by atoms with Crippen LogP contribution >= 0.6 is 0 Å². The molecule has 1 fully saturated rings. The van der Waals surface area contributed by atoms with Gasteiger partial charge in [0, 0.05) is 24.4 Å². The number of aryl methyl sites for hydroxylation is 1. The first-order chi connectivity index (χ1) is 5.77. The third kappa shape index (κ3) is 1.10. The van der Waals surface area contributed by atoms with Gasteiger partial charge in [-0.2, -0.15) is 0 Å². The predicted molar refractivity (Wildman–Crippen MR) is 46.7 cm³/mol. The summed E-state index contributed by atoms with van der Waals surface area (Å²) >= 11 is 0. The largest absolute Gasteiger partial charge is 0.330 e. The van der Waals surface area contributed by atoms with Crippen LogP contribution in [0.1, 0.15) is 24.2 Å². The highest BCUT2D eigenvalue weighted by Gasteiger charge is 2.44. The van der Waals surface area contributed by atoms with Gasteiger partial charge in [-0.3, -0.25) is 9.97 Å². The number of nitrogens with two attached hydrogens (primary N) is 1. The van der Waals surface area contributed by atoms with E-state index in [1.165, 1.54) is 12.8 Å². The minimum Gasteiger partial charge on any atom is -0.330 e. The molecule has 1 aliphatic carbocycles. The van der Waals surface area contributed by atoms with Crippen LogP contribution in [0.5, 0.6) is 0 Å². The quantitative estimate of drug-likeness (QED) is 0.700. The van der Waals surface area contributed by atoms with Crippen LogP contribution in [0, 0.1) is 6.92 Å². The van der Waals surface area contributed by atoms with Crippen molar-refractivity contribution in [2.75, 3.05) is 6.54 Å². The van der Waals surface area contributed by atoms with Crippen LogP contribution < -0.4 is 5.73 Å². The van der Waals surface area contributed by atoms with Crippen molar-refractivity contribution in [1.82, 2.24) is 9.97 Å². The van der Waals surface area contributed by atoms with Crippen LogP contribution in [0.2, 0.25) is 0 Å². The van der Waals surface area contributed by atoms with E-state index in [0.29, 0.717) is 6.54 Å². The molecule has 0 bridgehead atoms. The molecule has 12 heavy (non-hydrogen) atoms. The smallest absolute Gasteiger partial charge is 0.0661 e. The van der Waals surface area contributed by atoms with E-state index in [-0.39, 0.29) is 5.41 Å². The molecule has 3 nitrogen and oxygen atoms in total. The van der Waals surface area contributed by atoms with Crippen molar-refractivity contribution >= 4 is 0 Å². The molecule has 1 aromatic heterocycles. The summed E-state index contributed by atoms with van der Waals surface area (Å²) in [5.74, 6) is 0. The molecule has 0 aromatic carbocycles. The maximum atomic E-state index is 5.67. The summed E-state index contributed by atoms with van der Waals surface area (Å²) in [7, 11) is 0. The lowest BCUT2D eigenvalue weighted by molar-refractivity contribution is 0.671. The standard InChI is InChI=1S/C9H13N3/c1-7-4-12-8(5-11-7)9(6-10)2-3-9/h4-5H,2-3,6,10H2,1H3. The molecule has 1 heterocycles. The van der Waals surface area contributed by atoms with E-state index in [2.05, 4.69) is 9.97 Å². The summed E-state index contributed by atoms with van der Waals surface area (Å²) in [6, 6.07) is 0. The Kier molecular flexibility index (Phi) is 1.61. The predicted octanol–water partition coefficient (Wildman–Crippen LogP) is 0.775. The molecule has 2 N–H and O–H groups in total. The summed E-state index contributed by atoms with van der Waals surface area (Å²) in [6.07, 6.45) is 6.00. The van der Waals surface area contributed by atoms with Gasteiger partial charge in [-0.25, -0.2) is 0 Å². The Balaban J connectivity index is 2.29. The van der Waals surface area contributed by atoms with Crippen molar-refractivity contribution in [1.29, 1.82) is 0 Å². The molecule has 2 rings (SSSR count). The fraction of sp³-hybridized carbons (Fsp3) is 0.556. The van der Waals surface area contributed by atoms with Gasteiger partial charge in [-0.15, -0.1) is 0 Å². The highest BCUT2D eigenvalue weighted by Crippen LogP contribution is 2.45. The van der Waals surface area contributed by atoms with E-state index < -0.39 is 0 Å². The molecule has 1 aromatic rings. The zero-order valence-electron chi connectivity index (χ0n) is 7.25. The summed E-state index contributed by atoms with van der Waals surface area (Å²) in [4.78, 5) is 8.56. The Morgan fingerprint density at radius 2 is 2.17 bits per heavy atom. The van der Waals surface area contributed by atoms with Crippen molar-refractivity contribution < 1.29 is 0 Å². The lowest BCUT2D eigenvalue weighted by Crippen LogP contribution is -2.21. The number of nitrogens with zero attached hydrogens (tertiary/aromatic N) is 2. The Labute approximate surface area is 72.0 Å². The number of aromatic nitrogens is 2. The molecular weight excluding hydrogens is 150 g/mol. The average molecular weight is 163 g/mol. The third-order valence-electron chi connectivity index (χ3n) is 2.57. The van der Waals surface area contributed by atoms with Gasteiger partial charge >= 0.3 is 0 Å². The van der Waals surface area contributed by atoms with E-state index in [4.69, 9.17) is 5.73 Å². The zero-order valence-corrected chi connectivity index (χ0v) is 7.25. The van der Waals surface area contributed by atoms with E-state index in [1.54, 1.807) is 0 Å². The first-order valence-electron chi connectivity index (χ1n) is 4.26. The minimum absolute atomic E-state index is 0.181. The fourth-order valence-electron chi connectivity index (χ4n) is 1.38. The second-order valence-corrected chi connectivity index (χ2v) is 3.53. The summed E-state index contributed by atoms with van der Waals surface area (Å²) in [5.41, 5.74) is 7.88. The van der Waals surface area contributed by atoms with Crippen LogP contribution in [-0.2, 0) is 5.41 Å². The lowest BCUT2D eigenvalue weighted by Gasteiger charge is -2.10. The summed E-state index contributed by atoms with van der Waals surface area (Å²) in [5, 5.41) is 0. The normalized spacial score (nSPS) is 19.2. The van der Waals surface area contributed by atoms with Crippen LogP contribution in [0.3, 0.4) is 0 Å². The molecule has 1 aliphatic rings. The van der Waals surface area contributed by atoms with E-state index in [9.17, 15) is 0 Å². The Morgan fingerprint density at radius 1 is 1.42 bits per heavy atom. The van der Waals surface area contributed by atoms with Crippen LogP contribution in [0.15, 0.2) is 12.4 Å². The van der Waals surface area contributed by atoms with Crippen molar-refractivity contribution in [3.05, 3.63) is 23.8 Å². The van der Waals surface area contributed by atoms with Crippen molar-refractivity contribution in [2.45, 2.75) is 25.2 Å². The monoisotopic (exact) mass is 163 g/mol. The van der Waals surface area contributed by atoms with Crippen LogP contribution in [-0.4, -0.2) is 16.5 Å². The van der Waals surface area contributed by atoms with Gasteiger partial charge < -0.3 is 5.73 Å². The van der Waals surface area contributed by atoms with Gasteiger partial charge in [0.15, 0.2) is 0 Å². The van der Waals surface area contributed by atoms with Gasteiger partial charge in [0.25, 0.3) is 0 Å². The molecule has 0 radical (unpaired) electrons. The van der Waals surface area contributed by atoms with Crippen LogP contribution in [0.25, 0.3) is 0 Å². The first kappa shape index (κ1) is 7.68. The van der Waals surface area contributed by atoms with E-state index in [1.807, 2.05) is 19.3 Å². The highest BCUT2D eigenvalue weighted by atomic mass is 14.8. The second-order valence-electron chi connectivity index (χ2n) is 3.53. The number of hydrogen-bond acceptors (Lipinski definition) is 3. The van der Waals surface area contributed by atoms with Gasteiger partial charge in [0.05, 0.1) is 11.4 Å². The molecule has 0 aliphatic heterocycles. The molecule has 0 unspecified atom stereocenters. The topological polar surface area (TPSA) is 51.8 Å². The van der Waals surface area contributed by atoms with Gasteiger partial charge in [0.1, 0.15) is 0 Å². The summed E-state index contributed by atoms with van der Waals surface area (Å²) < 4.78 is 0. The zero-order chi connectivity index (χ0) is 8.60. The SMILES string of the molecule is Cc1cnc(C2(CN)CC2)cn1. The van der Waals surface area contributed by atoms with Crippen molar-refractivity contribution in [3.63, 3.8) is 0 Å². The van der Waals surface area contributed by atoms with Gasteiger partial charge in [-0.05, 0) is 19.8 Å². The molecule has 1 saturated carbocycles. The average Bonchev–Trinajstić information content (AvgIpc) is 2.86. The van der Waals surface area contributed by atoms with Crippen molar-refractivity contribution in [2.24, 2.45) is 5.73 Å². The highest BCUT2D eigenvalue weighted by molar-refractivity contribution is 5.23. The fourth-order valence-corrected chi connectivity index (χ4v) is 1.38. The number of rotatable bonds is 2. The molecule has 0 amide bonds. The molecule has 64 valence electrons. The second kappa shape index (κ2) is 2.52. The lowest BCUT2D eigenvalue weighted by atomic mass is 10.0. The van der Waals surface area contributed by atoms with Gasteiger partial charge in [-0.1, -0.05) is 0 Å². The molecule has 0 spiro atoms. The van der Waals surface area contributed by atoms with E-state index in [0.717, 1.165) is 11.4 Å². The Bertz CT molecular complexity index is 274. The molecule has 3 heteroatoms. The third-order valence-corrected chi connectivity index (χ3v) is 2.57. The van der Waals surface area contributed by atoms with Gasteiger partial charge in [0.2, 0.25) is 0 Å². The first-order valence-corrected chi connectivity index (χ1v) is 4.26. The molecular formula is C9H13N3. The Hall–Kier alpha value is -0.960. The molecule has 0 saturated heterocycles. The number of hydrogen-bond donors (Lipinski definition) is 1.